The van der Waals surface area contributed by atoms with Gasteiger partial charge in [0.1, 0.15) is 0 Å². The van der Waals surface area contributed by atoms with Crippen LogP contribution in [0.1, 0.15) is 25.7 Å². The first-order chi connectivity index (χ1) is 8.03. The Bertz CT molecular complexity index is 337. The van der Waals surface area contributed by atoms with Crippen LogP contribution >= 0.6 is 0 Å². The van der Waals surface area contributed by atoms with Gasteiger partial charge >= 0.3 is 0 Å². The number of carbonyl (C=O) groups excluding carboxylic acids is 1. The lowest BCUT2D eigenvalue weighted by Gasteiger charge is -2.11. The lowest BCUT2D eigenvalue weighted by atomic mass is 10.2. The van der Waals surface area contributed by atoms with Crippen molar-refractivity contribution in [2.24, 2.45) is 0 Å². The molecule has 0 spiro atoms. The summed E-state index contributed by atoms with van der Waals surface area (Å²) >= 11 is 0. The maximum atomic E-state index is 11.4. The van der Waals surface area contributed by atoms with E-state index in [4.69, 9.17) is 0 Å². The zero-order valence-corrected chi connectivity index (χ0v) is 11.0. The van der Waals surface area contributed by atoms with Crippen LogP contribution in [0.2, 0.25) is 0 Å². The van der Waals surface area contributed by atoms with Crippen molar-refractivity contribution >= 4 is 15.9 Å². The summed E-state index contributed by atoms with van der Waals surface area (Å²) in [5.41, 5.74) is 0. The van der Waals surface area contributed by atoms with E-state index in [1.807, 2.05) is 0 Å². The average Bonchev–Trinajstić information content (AvgIpc) is 2.79. The Balaban J connectivity index is 2.08. The zero-order chi connectivity index (χ0) is 12.7. The highest BCUT2D eigenvalue weighted by Gasteiger charge is 2.15. The fourth-order valence-electron chi connectivity index (χ4n) is 1.86. The molecule has 0 aromatic carbocycles. The number of amides is 1. The molecule has 0 atom stereocenters. The summed E-state index contributed by atoms with van der Waals surface area (Å²) in [6.07, 6.45) is 4.70. The smallest absolute Gasteiger partial charge is 0.233 e. The van der Waals surface area contributed by atoms with E-state index in [2.05, 4.69) is 15.4 Å². The topological polar surface area (TPSA) is 87.3 Å². The molecule has 0 unspecified atom stereocenters. The van der Waals surface area contributed by atoms with Gasteiger partial charge in [0, 0.05) is 12.6 Å². The quantitative estimate of drug-likeness (QED) is 0.560. The van der Waals surface area contributed by atoms with E-state index in [1.165, 1.54) is 19.9 Å². The summed E-state index contributed by atoms with van der Waals surface area (Å²) in [7, 11) is -1.87. The SMILES string of the molecule is CNS(=O)(=O)CCNC(=O)CNC1CCCC1. The molecular formula is C10H21N3O3S. The molecule has 3 N–H and O–H groups in total. The second-order valence-corrected chi connectivity index (χ2v) is 6.28. The highest BCUT2D eigenvalue weighted by Crippen LogP contribution is 2.17. The van der Waals surface area contributed by atoms with Crippen LogP contribution < -0.4 is 15.4 Å². The summed E-state index contributed by atoms with van der Waals surface area (Å²) < 4.78 is 24.3. The van der Waals surface area contributed by atoms with E-state index in [0.717, 1.165) is 12.8 Å². The average molecular weight is 263 g/mol. The number of hydrogen-bond acceptors (Lipinski definition) is 4. The summed E-state index contributed by atoms with van der Waals surface area (Å²) in [6.45, 7) is 0.415. The zero-order valence-electron chi connectivity index (χ0n) is 10.2. The molecule has 0 saturated heterocycles. The van der Waals surface area contributed by atoms with Gasteiger partial charge in [-0.2, -0.15) is 0 Å². The van der Waals surface area contributed by atoms with Crippen molar-refractivity contribution in [2.75, 3.05) is 25.9 Å². The maximum Gasteiger partial charge on any atom is 0.233 e. The molecule has 6 nitrogen and oxygen atoms in total. The van der Waals surface area contributed by atoms with Crippen LogP contribution in [0.3, 0.4) is 0 Å². The minimum atomic E-state index is -3.23. The van der Waals surface area contributed by atoms with Gasteiger partial charge in [0.25, 0.3) is 0 Å². The summed E-state index contributed by atoms with van der Waals surface area (Å²) in [6, 6.07) is 0.446. The lowest BCUT2D eigenvalue weighted by molar-refractivity contribution is -0.120. The number of nitrogens with one attached hydrogen (secondary N) is 3. The van der Waals surface area contributed by atoms with Gasteiger partial charge in [0.15, 0.2) is 0 Å². The van der Waals surface area contributed by atoms with Crippen molar-refractivity contribution in [2.45, 2.75) is 31.7 Å². The number of rotatable bonds is 7. The fraction of sp³-hybridized carbons (Fsp3) is 0.900. The molecule has 1 aliphatic rings. The van der Waals surface area contributed by atoms with Crippen LogP contribution in [0, 0.1) is 0 Å². The van der Waals surface area contributed by atoms with Crippen molar-refractivity contribution in [1.29, 1.82) is 0 Å². The normalized spacial score (nSPS) is 17.2. The van der Waals surface area contributed by atoms with Crippen LogP contribution in [0.15, 0.2) is 0 Å². The second kappa shape index (κ2) is 6.93. The molecule has 0 aliphatic heterocycles. The Morgan fingerprint density at radius 3 is 2.53 bits per heavy atom. The molecule has 1 saturated carbocycles. The molecule has 100 valence electrons. The van der Waals surface area contributed by atoms with Crippen molar-refractivity contribution in [3.05, 3.63) is 0 Å². The summed E-state index contributed by atoms with van der Waals surface area (Å²) in [5, 5.41) is 5.74. The van der Waals surface area contributed by atoms with Gasteiger partial charge < -0.3 is 10.6 Å². The number of carbonyl (C=O) groups is 1. The predicted octanol–water partition coefficient (Wildman–Crippen LogP) is -0.816. The third-order valence-corrected chi connectivity index (χ3v) is 4.27. The molecule has 0 aromatic heterocycles. The largest absolute Gasteiger partial charge is 0.354 e. The van der Waals surface area contributed by atoms with E-state index in [9.17, 15) is 13.2 Å². The first-order valence-corrected chi connectivity index (χ1v) is 7.60. The standard InChI is InChI=1S/C10H21N3O3S/c1-11-17(15,16)7-6-12-10(14)8-13-9-4-2-3-5-9/h9,11,13H,2-8H2,1H3,(H,12,14). The highest BCUT2D eigenvalue weighted by atomic mass is 32.2. The first-order valence-electron chi connectivity index (χ1n) is 5.95. The van der Waals surface area contributed by atoms with E-state index in [-0.39, 0.29) is 24.7 Å². The van der Waals surface area contributed by atoms with Crippen LogP contribution in [0.25, 0.3) is 0 Å². The highest BCUT2D eigenvalue weighted by molar-refractivity contribution is 7.89. The fourth-order valence-corrected chi connectivity index (χ4v) is 2.43. The Labute approximate surface area is 103 Å². The second-order valence-electron chi connectivity index (χ2n) is 4.24. The van der Waals surface area contributed by atoms with Gasteiger partial charge in [-0.3, -0.25) is 4.79 Å². The van der Waals surface area contributed by atoms with Gasteiger partial charge in [-0.25, -0.2) is 13.1 Å². The van der Waals surface area contributed by atoms with E-state index in [0.29, 0.717) is 6.04 Å². The summed E-state index contributed by atoms with van der Waals surface area (Å²) in [4.78, 5) is 11.4. The van der Waals surface area contributed by atoms with E-state index < -0.39 is 10.0 Å². The van der Waals surface area contributed by atoms with Crippen LogP contribution in [-0.2, 0) is 14.8 Å². The molecule has 0 bridgehead atoms. The van der Waals surface area contributed by atoms with Crippen molar-refractivity contribution in [1.82, 2.24) is 15.4 Å². The molecule has 7 heteroatoms. The number of hydrogen-bond donors (Lipinski definition) is 3. The lowest BCUT2D eigenvalue weighted by Crippen LogP contribution is -2.40. The molecule has 1 amide bonds. The summed E-state index contributed by atoms with van der Waals surface area (Å²) in [5.74, 6) is -0.234. The first kappa shape index (κ1) is 14.4. The van der Waals surface area contributed by atoms with Gasteiger partial charge in [-0.1, -0.05) is 12.8 Å². The molecule has 0 radical (unpaired) electrons. The molecule has 1 rings (SSSR count). The minimum Gasteiger partial charge on any atom is -0.354 e. The van der Waals surface area contributed by atoms with Crippen molar-refractivity contribution < 1.29 is 13.2 Å². The number of sulfonamides is 1. The molecular weight excluding hydrogens is 242 g/mol. The minimum absolute atomic E-state index is 0.0847. The molecule has 1 fully saturated rings. The monoisotopic (exact) mass is 263 g/mol. The van der Waals surface area contributed by atoms with Gasteiger partial charge in [0.05, 0.1) is 12.3 Å². The molecule has 17 heavy (non-hydrogen) atoms. The van der Waals surface area contributed by atoms with Crippen molar-refractivity contribution in [3.63, 3.8) is 0 Å². The Morgan fingerprint density at radius 2 is 1.94 bits per heavy atom. The maximum absolute atomic E-state index is 11.4. The molecule has 1 aliphatic carbocycles. The van der Waals surface area contributed by atoms with Crippen LogP contribution in [0.5, 0.6) is 0 Å². The van der Waals surface area contributed by atoms with Crippen molar-refractivity contribution in [3.8, 4) is 0 Å². The van der Waals surface area contributed by atoms with Gasteiger partial charge in [-0.05, 0) is 19.9 Å². The van der Waals surface area contributed by atoms with E-state index in [1.54, 1.807) is 0 Å². The van der Waals surface area contributed by atoms with Gasteiger partial charge in [-0.15, -0.1) is 0 Å². The Hall–Kier alpha value is -0.660. The molecule has 0 aromatic rings. The Kier molecular flexibility index (Phi) is 5.87. The van der Waals surface area contributed by atoms with Crippen LogP contribution in [-0.4, -0.2) is 46.3 Å². The van der Waals surface area contributed by atoms with E-state index >= 15 is 0 Å². The third kappa shape index (κ3) is 5.99. The molecule has 0 heterocycles. The predicted molar refractivity (Wildman–Crippen MR) is 66.1 cm³/mol. The third-order valence-electron chi connectivity index (χ3n) is 2.91. The van der Waals surface area contributed by atoms with Gasteiger partial charge in [0.2, 0.25) is 15.9 Å². The Morgan fingerprint density at radius 1 is 1.29 bits per heavy atom. The van der Waals surface area contributed by atoms with Crippen LogP contribution in [0.4, 0.5) is 0 Å².